The monoisotopic (exact) mass is 493 g/mol. The van der Waals surface area contributed by atoms with Crippen molar-refractivity contribution in [3.8, 4) is 23.0 Å². The summed E-state index contributed by atoms with van der Waals surface area (Å²) in [5.74, 6) is -0.874. The van der Waals surface area contributed by atoms with Gasteiger partial charge in [0.1, 0.15) is 17.6 Å². The molecule has 1 heterocycles. The fraction of sp³-hybridized carbons (Fsp3) is 0.321. The van der Waals surface area contributed by atoms with Gasteiger partial charge < -0.3 is 24.1 Å². The number of benzene rings is 2. The molecule has 3 aromatic rings. The number of nitrogens with zero attached hydrogens (tertiary/aromatic N) is 1. The third kappa shape index (κ3) is 6.33. The zero-order valence-corrected chi connectivity index (χ0v) is 21.1. The van der Waals surface area contributed by atoms with Gasteiger partial charge in [-0.2, -0.15) is 0 Å². The molecule has 8 nitrogen and oxygen atoms in total. The van der Waals surface area contributed by atoms with E-state index >= 15 is 0 Å². The van der Waals surface area contributed by atoms with E-state index in [1.165, 1.54) is 19.4 Å². The first-order chi connectivity index (χ1) is 17.2. The second-order valence-corrected chi connectivity index (χ2v) is 8.48. The molecular weight excluding hydrogens is 462 g/mol. The summed E-state index contributed by atoms with van der Waals surface area (Å²) in [5.41, 5.74) is 1.58. The minimum Gasteiger partial charge on any atom is -0.503 e. The van der Waals surface area contributed by atoms with Crippen LogP contribution in [0.1, 0.15) is 48.0 Å². The number of carbonyl (C=O) groups is 2. The number of aromatic nitrogens is 1. The SMILES string of the molecule is COc1cc(C)ccc1[C@@H](Oc1ccccc1)[C@H](C)OC(=O)[C@H](C)CC(=O)c1nccc(OC)c1O. The quantitative estimate of drug-likeness (QED) is 0.292. The summed E-state index contributed by atoms with van der Waals surface area (Å²) >= 11 is 0. The molecule has 1 aromatic heterocycles. The smallest absolute Gasteiger partial charge is 0.309 e. The van der Waals surface area contributed by atoms with Crippen molar-refractivity contribution < 1.29 is 33.6 Å². The van der Waals surface area contributed by atoms with E-state index < -0.39 is 29.9 Å². The van der Waals surface area contributed by atoms with Crippen LogP contribution in [-0.4, -0.2) is 42.2 Å². The molecule has 0 aliphatic heterocycles. The molecule has 0 aliphatic carbocycles. The maximum atomic E-state index is 13.0. The average Bonchev–Trinajstić information content (AvgIpc) is 2.87. The Hall–Kier alpha value is -4.07. The second-order valence-electron chi connectivity index (χ2n) is 8.48. The number of para-hydroxylation sites is 1. The number of hydrogen-bond acceptors (Lipinski definition) is 8. The molecule has 0 bridgehead atoms. The van der Waals surface area contributed by atoms with Gasteiger partial charge in [0.05, 0.1) is 20.1 Å². The summed E-state index contributed by atoms with van der Waals surface area (Å²) in [5, 5.41) is 10.2. The molecular formula is C28H31NO7. The van der Waals surface area contributed by atoms with Gasteiger partial charge in [-0.3, -0.25) is 9.59 Å². The van der Waals surface area contributed by atoms with E-state index in [1.807, 2.05) is 55.5 Å². The number of aryl methyl sites for hydroxylation is 1. The zero-order chi connectivity index (χ0) is 26.2. The number of hydrogen-bond donors (Lipinski definition) is 1. The zero-order valence-electron chi connectivity index (χ0n) is 21.1. The van der Waals surface area contributed by atoms with Gasteiger partial charge in [-0.25, -0.2) is 4.98 Å². The maximum Gasteiger partial charge on any atom is 0.309 e. The minimum atomic E-state index is -0.787. The Labute approximate surface area is 210 Å². The lowest BCUT2D eigenvalue weighted by molar-refractivity contribution is -0.157. The molecule has 3 rings (SSSR count). The molecule has 8 heteroatoms. The van der Waals surface area contributed by atoms with Crippen LogP contribution in [0.3, 0.4) is 0 Å². The first-order valence-electron chi connectivity index (χ1n) is 11.6. The third-order valence-electron chi connectivity index (χ3n) is 5.70. The number of methoxy groups -OCH3 is 2. The Morgan fingerprint density at radius 1 is 0.972 bits per heavy atom. The lowest BCUT2D eigenvalue weighted by atomic mass is 10.0. The van der Waals surface area contributed by atoms with Gasteiger partial charge in [0.25, 0.3) is 0 Å². The van der Waals surface area contributed by atoms with E-state index in [1.54, 1.807) is 21.0 Å². The normalized spacial score (nSPS) is 13.2. The summed E-state index contributed by atoms with van der Waals surface area (Å²) in [6.07, 6.45) is -0.219. The number of ether oxygens (including phenoxy) is 4. The van der Waals surface area contributed by atoms with Gasteiger partial charge in [0.15, 0.2) is 29.1 Å². The topological polar surface area (TPSA) is 104 Å². The number of esters is 1. The standard InChI is InChI=1S/C28H31NO7/c1-17-11-12-21(24(15-17)34-5)27(36-20-9-7-6-8-10-20)19(3)35-28(32)18(2)16-22(30)25-26(31)23(33-4)13-14-29-25/h6-15,18-19,27,31H,16H2,1-5H3/t18-,19+,27+/m1/s1. The lowest BCUT2D eigenvalue weighted by Crippen LogP contribution is -2.30. The highest BCUT2D eigenvalue weighted by Crippen LogP contribution is 2.34. The predicted octanol–water partition coefficient (Wildman–Crippen LogP) is 5.07. The molecule has 0 unspecified atom stereocenters. The molecule has 0 amide bonds. The summed E-state index contributed by atoms with van der Waals surface area (Å²) in [6.45, 7) is 5.27. The first-order valence-corrected chi connectivity index (χ1v) is 11.6. The van der Waals surface area contributed by atoms with Crippen molar-refractivity contribution >= 4 is 11.8 Å². The van der Waals surface area contributed by atoms with E-state index in [9.17, 15) is 14.7 Å². The highest BCUT2D eigenvalue weighted by molar-refractivity contribution is 5.99. The van der Waals surface area contributed by atoms with Crippen molar-refractivity contribution in [2.45, 2.75) is 39.4 Å². The van der Waals surface area contributed by atoms with E-state index in [0.717, 1.165) is 11.1 Å². The molecule has 3 atom stereocenters. The Bertz CT molecular complexity index is 1200. The first kappa shape index (κ1) is 26.5. The van der Waals surface area contributed by atoms with Gasteiger partial charge >= 0.3 is 5.97 Å². The summed E-state index contributed by atoms with van der Waals surface area (Å²) in [7, 11) is 2.95. The molecule has 0 fully saturated rings. The molecule has 0 spiro atoms. The van der Waals surface area contributed by atoms with Crippen molar-refractivity contribution in [3.05, 3.63) is 77.6 Å². The average molecular weight is 494 g/mol. The van der Waals surface area contributed by atoms with Crippen LogP contribution in [0.15, 0.2) is 60.8 Å². The second kappa shape index (κ2) is 12.1. The van der Waals surface area contributed by atoms with Crippen LogP contribution in [0, 0.1) is 12.8 Å². The van der Waals surface area contributed by atoms with E-state index in [4.69, 9.17) is 18.9 Å². The molecule has 0 saturated carbocycles. The van der Waals surface area contributed by atoms with Crippen LogP contribution in [-0.2, 0) is 9.53 Å². The Kier molecular flexibility index (Phi) is 8.89. The Morgan fingerprint density at radius 2 is 1.67 bits per heavy atom. The number of pyridine rings is 1. The van der Waals surface area contributed by atoms with Gasteiger partial charge in [-0.15, -0.1) is 0 Å². The molecule has 0 radical (unpaired) electrons. The minimum absolute atomic E-state index is 0.130. The lowest BCUT2D eigenvalue weighted by Gasteiger charge is -2.28. The van der Waals surface area contributed by atoms with Gasteiger partial charge in [-0.05, 0) is 37.6 Å². The van der Waals surface area contributed by atoms with Crippen LogP contribution in [0.4, 0.5) is 0 Å². The van der Waals surface area contributed by atoms with Crippen LogP contribution in [0.2, 0.25) is 0 Å². The van der Waals surface area contributed by atoms with Crippen molar-refractivity contribution in [2.24, 2.45) is 5.92 Å². The fourth-order valence-corrected chi connectivity index (χ4v) is 3.74. The van der Waals surface area contributed by atoms with E-state index in [2.05, 4.69) is 4.98 Å². The predicted molar refractivity (Wildman–Crippen MR) is 134 cm³/mol. The summed E-state index contributed by atoms with van der Waals surface area (Å²) < 4.78 is 22.6. The number of aromatic hydroxyl groups is 1. The van der Waals surface area contributed by atoms with Crippen molar-refractivity contribution in [3.63, 3.8) is 0 Å². The molecule has 1 N–H and O–H groups in total. The van der Waals surface area contributed by atoms with E-state index in [0.29, 0.717) is 11.5 Å². The molecule has 2 aromatic carbocycles. The third-order valence-corrected chi connectivity index (χ3v) is 5.70. The number of carbonyl (C=O) groups excluding carboxylic acids is 2. The summed E-state index contributed by atoms with van der Waals surface area (Å²) in [6, 6.07) is 16.4. The summed E-state index contributed by atoms with van der Waals surface area (Å²) in [4.78, 5) is 29.6. The van der Waals surface area contributed by atoms with E-state index in [-0.39, 0.29) is 23.6 Å². The molecule has 0 aliphatic rings. The van der Waals surface area contributed by atoms with Gasteiger partial charge in [-0.1, -0.05) is 37.3 Å². The van der Waals surface area contributed by atoms with Crippen LogP contribution >= 0.6 is 0 Å². The van der Waals surface area contributed by atoms with Crippen molar-refractivity contribution in [1.82, 2.24) is 4.98 Å². The van der Waals surface area contributed by atoms with Crippen LogP contribution in [0.25, 0.3) is 0 Å². The fourth-order valence-electron chi connectivity index (χ4n) is 3.74. The Balaban J connectivity index is 1.78. The Morgan fingerprint density at radius 3 is 2.33 bits per heavy atom. The highest BCUT2D eigenvalue weighted by atomic mass is 16.6. The molecule has 36 heavy (non-hydrogen) atoms. The number of Topliss-reactive ketones (excluding diaryl/α,β-unsaturated/α-hetero) is 1. The number of ketones is 1. The van der Waals surface area contributed by atoms with Crippen LogP contribution < -0.4 is 14.2 Å². The largest absolute Gasteiger partial charge is 0.503 e. The maximum absolute atomic E-state index is 13.0. The van der Waals surface area contributed by atoms with Crippen molar-refractivity contribution in [2.75, 3.05) is 14.2 Å². The number of rotatable bonds is 11. The molecule has 0 saturated heterocycles. The van der Waals surface area contributed by atoms with Gasteiger partial charge in [0, 0.05) is 24.2 Å². The molecule has 190 valence electrons. The highest BCUT2D eigenvalue weighted by Gasteiger charge is 2.31. The van der Waals surface area contributed by atoms with Crippen molar-refractivity contribution in [1.29, 1.82) is 0 Å². The van der Waals surface area contributed by atoms with Crippen LogP contribution in [0.5, 0.6) is 23.0 Å². The van der Waals surface area contributed by atoms with Gasteiger partial charge in [0.2, 0.25) is 0 Å².